The Hall–Kier alpha value is -3.09. The first-order valence-electron chi connectivity index (χ1n) is 9.88. The summed E-state index contributed by atoms with van der Waals surface area (Å²) in [6.07, 6.45) is 0. The molecule has 2 amide bonds. The lowest BCUT2D eigenvalue weighted by Gasteiger charge is -2.49. The number of ether oxygens (including phenoxy) is 2. The quantitative estimate of drug-likeness (QED) is 0.384. The fourth-order valence-electron chi connectivity index (χ4n) is 3.86. The van der Waals surface area contributed by atoms with Gasteiger partial charge >= 0.3 is 11.9 Å². The highest BCUT2D eigenvalue weighted by molar-refractivity contribution is 8.00. The van der Waals surface area contributed by atoms with Gasteiger partial charge in [0, 0.05) is 23.6 Å². The molecule has 1 fully saturated rings. The summed E-state index contributed by atoms with van der Waals surface area (Å²) >= 11 is 2.75. The van der Waals surface area contributed by atoms with E-state index >= 15 is 0 Å². The molecule has 1 aromatic carbocycles. The third-order valence-electron chi connectivity index (χ3n) is 5.45. The Morgan fingerprint density at radius 3 is 2.76 bits per heavy atom. The van der Waals surface area contributed by atoms with E-state index in [-0.39, 0.29) is 18.1 Å². The number of amides is 2. The second-order valence-electron chi connectivity index (χ2n) is 7.43. The molecule has 10 nitrogen and oxygen atoms in total. The third kappa shape index (κ3) is 4.05. The maximum absolute atomic E-state index is 12.9. The molecule has 0 aliphatic carbocycles. The first-order chi connectivity index (χ1) is 15.7. The molecule has 0 bridgehead atoms. The fourth-order valence-corrected chi connectivity index (χ4v) is 6.11. The Morgan fingerprint density at radius 1 is 1.33 bits per heavy atom. The molecule has 3 atom stereocenters. The molecule has 12 heteroatoms. The molecule has 4 rings (SSSR count). The highest BCUT2D eigenvalue weighted by atomic mass is 32.2. The summed E-state index contributed by atoms with van der Waals surface area (Å²) in [4.78, 5) is 49.7. The van der Waals surface area contributed by atoms with Crippen molar-refractivity contribution in [3.8, 4) is 5.75 Å². The van der Waals surface area contributed by atoms with E-state index in [1.54, 1.807) is 19.2 Å². The molecule has 33 heavy (non-hydrogen) atoms. The summed E-state index contributed by atoms with van der Waals surface area (Å²) in [5.74, 6) is -2.02. The number of hydrogen-bond acceptors (Lipinski definition) is 9. The minimum absolute atomic E-state index is 0.212. The number of aliphatic carboxylic acids is 1. The maximum atomic E-state index is 12.9. The first-order valence-corrected chi connectivity index (χ1v) is 11.8. The third-order valence-corrected chi connectivity index (χ3v) is 7.72. The minimum Gasteiger partial charge on any atom is -0.495 e. The summed E-state index contributed by atoms with van der Waals surface area (Å²) in [5.41, 5.74) is 6.94. The molecule has 1 aromatic heterocycles. The van der Waals surface area contributed by atoms with Crippen LogP contribution in [0.25, 0.3) is 10.1 Å². The number of nitrogens with zero attached hydrogens (tertiary/aromatic N) is 1. The van der Waals surface area contributed by atoms with Crippen molar-refractivity contribution in [2.24, 2.45) is 5.73 Å². The van der Waals surface area contributed by atoms with Gasteiger partial charge in [-0.15, -0.1) is 23.1 Å². The summed E-state index contributed by atoms with van der Waals surface area (Å²) in [7, 11) is 1.56. The van der Waals surface area contributed by atoms with E-state index < -0.39 is 41.2 Å². The molecule has 1 saturated heterocycles. The Morgan fingerprint density at radius 2 is 2.09 bits per heavy atom. The van der Waals surface area contributed by atoms with Crippen LogP contribution in [0.2, 0.25) is 0 Å². The maximum Gasteiger partial charge on any atom is 0.352 e. The van der Waals surface area contributed by atoms with Gasteiger partial charge in [0.05, 0.1) is 11.8 Å². The smallest absolute Gasteiger partial charge is 0.352 e. The molecule has 0 spiro atoms. The molecule has 3 heterocycles. The molecule has 1 unspecified atom stereocenters. The zero-order valence-electron chi connectivity index (χ0n) is 17.7. The van der Waals surface area contributed by atoms with Crippen LogP contribution in [-0.4, -0.2) is 64.6 Å². The van der Waals surface area contributed by atoms with Gasteiger partial charge in [-0.1, -0.05) is 6.07 Å². The van der Waals surface area contributed by atoms with Gasteiger partial charge in [-0.3, -0.25) is 19.3 Å². The Balaban J connectivity index is 1.51. The number of methoxy groups -OCH3 is 1. The van der Waals surface area contributed by atoms with E-state index in [4.69, 9.17) is 15.2 Å². The van der Waals surface area contributed by atoms with E-state index in [1.807, 2.05) is 11.4 Å². The lowest BCUT2D eigenvalue weighted by Crippen LogP contribution is -2.71. The number of β-lactam (4-membered cyclic amide) rings is 1. The number of thiophene rings is 1. The van der Waals surface area contributed by atoms with Gasteiger partial charge in [0.15, 0.2) is 0 Å². The van der Waals surface area contributed by atoms with E-state index in [0.717, 1.165) is 15.0 Å². The summed E-state index contributed by atoms with van der Waals surface area (Å²) < 4.78 is 11.1. The van der Waals surface area contributed by atoms with E-state index in [0.29, 0.717) is 16.9 Å². The van der Waals surface area contributed by atoms with Crippen LogP contribution in [0.5, 0.6) is 5.75 Å². The van der Waals surface area contributed by atoms with Crippen molar-refractivity contribution in [3.05, 3.63) is 40.4 Å². The van der Waals surface area contributed by atoms with Gasteiger partial charge in [-0.2, -0.15) is 0 Å². The van der Waals surface area contributed by atoms with Gasteiger partial charge in [0.1, 0.15) is 35.5 Å². The normalized spacial score (nSPS) is 20.7. The predicted molar refractivity (Wildman–Crippen MR) is 122 cm³/mol. The van der Waals surface area contributed by atoms with E-state index in [2.05, 4.69) is 5.32 Å². The number of carbonyl (C=O) groups is 4. The van der Waals surface area contributed by atoms with Crippen LogP contribution in [0.3, 0.4) is 0 Å². The average Bonchev–Trinajstić information content (AvgIpc) is 3.29. The average molecular weight is 492 g/mol. The number of thioether (sulfide) groups is 1. The van der Waals surface area contributed by atoms with Crippen LogP contribution < -0.4 is 15.8 Å². The van der Waals surface area contributed by atoms with E-state index in [1.165, 1.54) is 30.0 Å². The molecule has 0 radical (unpaired) electrons. The number of fused-ring (bicyclic) bond motifs is 2. The van der Waals surface area contributed by atoms with Crippen molar-refractivity contribution in [1.82, 2.24) is 10.2 Å². The van der Waals surface area contributed by atoms with Crippen LogP contribution in [0, 0.1) is 0 Å². The zero-order chi connectivity index (χ0) is 23.9. The predicted octanol–water partition coefficient (Wildman–Crippen LogP) is 1.21. The zero-order valence-corrected chi connectivity index (χ0v) is 19.3. The summed E-state index contributed by atoms with van der Waals surface area (Å²) in [6.45, 7) is 1.01. The van der Waals surface area contributed by atoms with Crippen molar-refractivity contribution >= 4 is 56.9 Å². The van der Waals surface area contributed by atoms with Gasteiger partial charge in [0.2, 0.25) is 5.91 Å². The number of carbonyl (C=O) groups excluding carboxylic acids is 3. The second-order valence-corrected chi connectivity index (χ2v) is 9.45. The second kappa shape index (κ2) is 9.04. The lowest BCUT2D eigenvalue weighted by atomic mass is 9.99. The van der Waals surface area contributed by atoms with Crippen LogP contribution in [0.1, 0.15) is 18.5 Å². The highest BCUT2D eigenvalue weighted by Crippen LogP contribution is 2.41. The van der Waals surface area contributed by atoms with Crippen LogP contribution in [-0.2, 0) is 23.9 Å². The summed E-state index contributed by atoms with van der Waals surface area (Å²) in [6, 6.07) is 3.37. The van der Waals surface area contributed by atoms with E-state index in [9.17, 15) is 24.3 Å². The number of nitrogens with two attached hydrogens (primary N) is 1. The first kappa shape index (κ1) is 23.1. The number of benzene rings is 1. The number of carboxylic acid groups (broad SMARTS) is 1. The molecule has 2 aromatic rings. The SMILES string of the molecule is COc1ccc(C(N)C(=O)N[C@@H]2C(=O)N3C(C(=O)O)=C(COC(C)=O)CS[C@H]23)c2ccsc12. The number of rotatable bonds is 7. The topological polar surface area (TPSA) is 148 Å². The molecular formula is C21H21N3O7S2. The van der Waals surface area contributed by atoms with Crippen molar-refractivity contribution in [3.63, 3.8) is 0 Å². The monoisotopic (exact) mass is 491 g/mol. The van der Waals surface area contributed by atoms with Gasteiger partial charge in [0.25, 0.3) is 5.91 Å². The molecule has 2 aliphatic heterocycles. The molecule has 2 aliphatic rings. The standard InChI is InChI=1S/C21H21N3O7S2/c1-9(25)31-7-10-8-33-20-15(19(27)24(20)16(10)21(28)29)23-18(26)14(22)11-3-4-13(30-2)17-12(11)5-6-32-17/h3-6,14-15,20H,7-8,22H2,1-2H3,(H,23,26)(H,28,29)/t14?,15-,20-/m1/s1. The number of nitrogens with one attached hydrogen (secondary N) is 1. The Labute approximate surface area is 196 Å². The van der Waals surface area contributed by atoms with Gasteiger partial charge < -0.3 is 25.6 Å². The Kier molecular flexibility index (Phi) is 6.32. The minimum atomic E-state index is -1.30. The highest BCUT2D eigenvalue weighted by Gasteiger charge is 2.54. The van der Waals surface area contributed by atoms with Crippen molar-refractivity contribution < 1.29 is 33.8 Å². The van der Waals surface area contributed by atoms with Gasteiger partial charge in [-0.25, -0.2) is 4.79 Å². The summed E-state index contributed by atoms with van der Waals surface area (Å²) in [5, 5.41) is 14.4. The molecule has 4 N–H and O–H groups in total. The number of carboxylic acids is 1. The molecule has 174 valence electrons. The van der Waals surface area contributed by atoms with Crippen molar-refractivity contribution in [2.75, 3.05) is 19.5 Å². The van der Waals surface area contributed by atoms with Crippen LogP contribution >= 0.6 is 23.1 Å². The van der Waals surface area contributed by atoms with Gasteiger partial charge in [-0.05, 0) is 23.1 Å². The largest absolute Gasteiger partial charge is 0.495 e. The molecular weight excluding hydrogens is 470 g/mol. The number of esters is 1. The molecule has 0 saturated carbocycles. The van der Waals surface area contributed by atoms with Crippen molar-refractivity contribution in [2.45, 2.75) is 24.4 Å². The van der Waals surface area contributed by atoms with Crippen LogP contribution in [0.4, 0.5) is 0 Å². The lowest BCUT2D eigenvalue weighted by molar-refractivity contribution is -0.151. The van der Waals surface area contributed by atoms with Crippen molar-refractivity contribution in [1.29, 1.82) is 0 Å². The van der Waals surface area contributed by atoms with Crippen LogP contribution in [0.15, 0.2) is 34.8 Å². The number of hydrogen-bond donors (Lipinski definition) is 3. The fraction of sp³-hybridized carbons (Fsp3) is 0.333. The Bertz CT molecular complexity index is 1190.